The molecule has 8 heteroatoms. The minimum atomic E-state index is -3.66. The van der Waals surface area contributed by atoms with Crippen LogP contribution in [0.15, 0.2) is 29.2 Å². The molecule has 1 saturated carbocycles. The van der Waals surface area contributed by atoms with Gasteiger partial charge in [0, 0.05) is 18.5 Å². The zero-order chi connectivity index (χ0) is 20.1. The van der Waals surface area contributed by atoms with Crippen LogP contribution in [-0.2, 0) is 21.4 Å². The van der Waals surface area contributed by atoms with Crippen molar-refractivity contribution in [2.45, 2.75) is 76.3 Å². The van der Waals surface area contributed by atoms with E-state index in [1.165, 1.54) is 6.42 Å². The van der Waals surface area contributed by atoms with Crippen molar-refractivity contribution in [3.05, 3.63) is 29.8 Å². The molecule has 0 radical (unpaired) electrons. The van der Waals surface area contributed by atoms with Gasteiger partial charge in [0.15, 0.2) is 0 Å². The molecule has 1 aromatic rings. The second kappa shape index (κ2) is 10.1. The number of hydrogen-bond acceptors (Lipinski definition) is 4. The Bertz CT molecular complexity index is 754. The minimum Gasteiger partial charge on any atom is -0.352 e. The number of carbonyl (C=O) groups is 1. The highest BCUT2D eigenvalue weighted by molar-refractivity contribution is 7.89. The van der Waals surface area contributed by atoms with Gasteiger partial charge in [0.05, 0.1) is 4.90 Å². The first-order valence-corrected chi connectivity index (χ1v) is 11.1. The Kier molecular flexibility index (Phi) is 8.93. The van der Waals surface area contributed by atoms with Gasteiger partial charge in [-0.3, -0.25) is 4.79 Å². The third-order valence-electron chi connectivity index (χ3n) is 5.06. The van der Waals surface area contributed by atoms with Crippen molar-refractivity contribution < 1.29 is 13.2 Å². The maximum absolute atomic E-state index is 12.7. The first-order valence-electron chi connectivity index (χ1n) is 9.66. The molecule has 28 heavy (non-hydrogen) atoms. The topological polar surface area (TPSA) is 101 Å². The summed E-state index contributed by atoms with van der Waals surface area (Å²) in [7, 11) is -3.66. The van der Waals surface area contributed by atoms with Crippen molar-refractivity contribution in [3.8, 4) is 0 Å². The number of nitrogens with one attached hydrogen (secondary N) is 2. The smallest absolute Gasteiger partial charge is 0.241 e. The monoisotopic (exact) mass is 431 g/mol. The summed E-state index contributed by atoms with van der Waals surface area (Å²) in [6.45, 7) is 6.09. The van der Waals surface area contributed by atoms with E-state index in [-0.39, 0.29) is 35.2 Å². The summed E-state index contributed by atoms with van der Waals surface area (Å²) < 4.78 is 28.0. The van der Waals surface area contributed by atoms with Crippen molar-refractivity contribution in [3.63, 3.8) is 0 Å². The average molecular weight is 432 g/mol. The van der Waals surface area contributed by atoms with Crippen molar-refractivity contribution in [1.82, 2.24) is 10.0 Å². The lowest BCUT2D eigenvalue weighted by Gasteiger charge is -2.35. The molecule has 0 aromatic heterocycles. The summed E-state index contributed by atoms with van der Waals surface area (Å²) >= 11 is 0. The van der Waals surface area contributed by atoms with Gasteiger partial charge in [-0.1, -0.05) is 37.5 Å². The van der Waals surface area contributed by atoms with Crippen LogP contribution in [0.5, 0.6) is 0 Å². The number of amides is 1. The molecule has 160 valence electrons. The van der Waals surface area contributed by atoms with Gasteiger partial charge in [0.2, 0.25) is 15.9 Å². The summed E-state index contributed by atoms with van der Waals surface area (Å²) in [5, 5.41) is 2.89. The van der Waals surface area contributed by atoms with Crippen LogP contribution in [0.2, 0.25) is 0 Å². The van der Waals surface area contributed by atoms with Gasteiger partial charge in [-0.2, -0.15) is 0 Å². The fraction of sp³-hybridized carbons (Fsp3) is 0.650. The molecule has 0 atom stereocenters. The lowest BCUT2D eigenvalue weighted by Crippen LogP contribution is -2.41. The summed E-state index contributed by atoms with van der Waals surface area (Å²) in [5.41, 5.74) is 5.85. The number of nitrogens with two attached hydrogens (primary N) is 1. The Morgan fingerprint density at radius 2 is 1.75 bits per heavy atom. The predicted octanol–water partition coefficient (Wildman–Crippen LogP) is 3.10. The van der Waals surface area contributed by atoms with Crippen LogP contribution in [-0.4, -0.2) is 26.4 Å². The van der Waals surface area contributed by atoms with Gasteiger partial charge in [-0.25, -0.2) is 13.1 Å². The quantitative estimate of drug-likeness (QED) is 0.617. The molecular formula is C20H34ClN3O3S. The molecule has 2 rings (SSSR count). The van der Waals surface area contributed by atoms with Crippen molar-refractivity contribution >= 4 is 28.3 Å². The number of carbonyl (C=O) groups excluding carboxylic acids is 1. The second-order valence-corrected chi connectivity index (χ2v) is 10.3. The first kappa shape index (κ1) is 24.9. The Labute approximate surface area is 175 Å². The van der Waals surface area contributed by atoms with E-state index < -0.39 is 15.6 Å². The highest BCUT2D eigenvalue weighted by Gasteiger charge is 2.33. The summed E-state index contributed by atoms with van der Waals surface area (Å²) in [6.07, 6.45) is 5.80. The van der Waals surface area contributed by atoms with E-state index in [9.17, 15) is 13.2 Å². The number of benzene rings is 1. The van der Waals surface area contributed by atoms with Gasteiger partial charge >= 0.3 is 0 Å². The summed E-state index contributed by atoms with van der Waals surface area (Å²) in [5.74, 6) is -0.0710. The molecule has 6 nitrogen and oxygen atoms in total. The molecule has 0 heterocycles. The highest BCUT2D eigenvalue weighted by atomic mass is 35.5. The van der Waals surface area contributed by atoms with Gasteiger partial charge in [-0.15, -0.1) is 12.4 Å². The SMILES string of the molecule is CC(C)(C)NS(=O)(=O)c1ccccc1CNC(=O)CC1(CN)CCCCC1.Cl. The minimum absolute atomic E-state index is 0. The fourth-order valence-corrected chi connectivity index (χ4v) is 5.38. The predicted molar refractivity (Wildman–Crippen MR) is 115 cm³/mol. The van der Waals surface area contributed by atoms with Crippen molar-refractivity contribution in [2.24, 2.45) is 11.1 Å². The maximum Gasteiger partial charge on any atom is 0.241 e. The van der Waals surface area contributed by atoms with Crippen molar-refractivity contribution in [1.29, 1.82) is 0 Å². The Morgan fingerprint density at radius 1 is 1.14 bits per heavy atom. The molecule has 1 aromatic carbocycles. The molecular weight excluding hydrogens is 398 g/mol. The van der Waals surface area contributed by atoms with Crippen LogP contribution in [0.25, 0.3) is 0 Å². The molecule has 4 N–H and O–H groups in total. The molecule has 1 fully saturated rings. The third-order valence-corrected chi connectivity index (χ3v) is 6.92. The molecule has 0 aliphatic heterocycles. The molecule has 0 unspecified atom stereocenters. The summed E-state index contributed by atoms with van der Waals surface area (Å²) in [4.78, 5) is 12.7. The maximum atomic E-state index is 12.7. The Morgan fingerprint density at radius 3 is 2.32 bits per heavy atom. The molecule has 1 aliphatic carbocycles. The average Bonchev–Trinajstić information content (AvgIpc) is 2.59. The van der Waals surface area contributed by atoms with E-state index in [0.29, 0.717) is 18.5 Å². The zero-order valence-corrected chi connectivity index (χ0v) is 18.7. The molecule has 0 saturated heterocycles. The zero-order valence-electron chi connectivity index (χ0n) is 17.1. The fourth-order valence-electron chi connectivity index (χ4n) is 3.72. The van der Waals surface area contributed by atoms with E-state index in [1.54, 1.807) is 45.0 Å². The van der Waals surface area contributed by atoms with E-state index >= 15 is 0 Å². The van der Waals surface area contributed by atoms with E-state index in [2.05, 4.69) is 10.0 Å². The number of halogens is 1. The van der Waals surface area contributed by atoms with Crippen LogP contribution in [0.1, 0.15) is 64.9 Å². The largest absolute Gasteiger partial charge is 0.352 e. The van der Waals surface area contributed by atoms with Crippen LogP contribution in [0, 0.1) is 5.41 Å². The van der Waals surface area contributed by atoms with E-state index in [0.717, 1.165) is 25.7 Å². The Hall–Kier alpha value is -1.15. The second-order valence-electron chi connectivity index (χ2n) is 8.68. The van der Waals surface area contributed by atoms with Crippen molar-refractivity contribution in [2.75, 3.05) is 6.54 Å². The van der Waals surface area contributed by atoms with Crippen LogP contribution in [0.3, 0.4) is 0 Å². The van der Waals surface area contributed by atoms with Crippen LogP contribution in [0.4, 0.5) is 0 Å². The molecule has 1 aliphatic rings. The molecule has 1 amide bonds. The summed E-state index contributed by atoms with van der Waals surface area (Å²) in [6, 6.07) is 6.77. The first-order chi connectivity index (χ1) is 12.6. The van der Waals surface area contributed by atoms with E-state index in [4.69, 9.17) is 5.73 Å². The van der Waals surface area contributed by atoms with Gasteiger partial charge < -0.3 is 11.1 Å². The highest BCUT2D eigenvalue weighted by Crippen LogP contribution is 2.38. The van der Waals surface area contributed by atoms with Gasteiger partial charge in [0.25, 0.3) is 0 Å². The Balaban J connectivity index is 0.00000392. The standard InChI is InChI=1S/C20H33N3O3S.ClH/c1-19(2,3)23-27(25,26)17-10-6-5-9-16(17)14-22-18(24)13-20(15-21)11-7-4-8-12-20;/h5-6,9-10,23H,4,7-8,11-15,21H2,1-3H3,(H,22,24);1H. The number of hydrogen-bond donors (Lipinski definition) is 3. The normalized spacial score (nSPS) is 16.9. The lowest BCUT2D eigenvalue weighted by molar-refractivity contribution is -0.124. The van der Waals surface area contributed by atoms with Gasteiger partial charge in [-0.05, 0) is 57.2 Å². The number of rotatable bonds is 7. The van der Waals surface area contributed by atoms with E-state index in [1.807, 2.05) is 0 Å². The molecule has 0 spiro atoms. The van der Waals surface area contributed by atoms with Crippen LogP contribution >= 0.6 is 12.4 Å². The van der Waals surface area contributed by atoms with Gasteiger partial charge in [0.1, 0.15) is 0 Å². The third kappa shape index (κ3) is 7.03. The lowest BCUT2D eigenvalue weighted by atomic mass is 9.71. The number of sulfonamides is 1. The van der Waals surface area contributed by atoms with Crippen LogP contribution < -0.4 is 15.8 Å². The molecule has 0 bridgehead atoms.